The molecule has 0 amide bonds. The smallest absolute Gasteiger partial charge is 0.143 e. The normalized spacial score (nSPS) is 12.0. The zero-order valence-electron chi connectivity index (χ0n) is 51.0. The van der Waals surface area contributed by atoms with Gasteiger partial charge in [-0.1, -0.05) is 273 Å². The highest BCUT2D eigenvalue weighted by Gasteiger charge is 2.27. The highest BCUT2D eigenvalue weighted by atomic mass is 16.3. The maximum absolute atomic E-state index is 7.52. The van der Waals surface area contributed by atoms with Gasteiger partial charge in [-0.25, -0.2) is 0 Å². The summed E-state index contributed by atoms with van der Waals surface area (Å²) in [5.74, 6) is 0. The summed E-state index contributed by atoms with van der Waals surface area (Å²) in [6, 6.07) is 121. The van der Waals surface area contributed by atoms with Gasteiger partial charge in [0.25, 0.3) is 0 Å². The summed E-state index contributed by atoms with van der Waals surface area (Å²) in [6.45, 7) is 0. The van der Waals surface area contributed by atoms with Crippen molar-refractivity contribution in [3.05, 3.63) is 328 Å². The second-order valence-electron chi connectivity index (χ2n) is 25.2. The molecule has 0 N–H and O–H groups in total. The number of hydrogen-bond donors (Lipinski definition) is 0. The molecule has 0 bridgehead atoms. The average molecular weight is 1190 g/mol. The standard InChI is InChI=1S/C92H54O2/c1-3-22-55(23-4-1)63-42-43-65-64(44-45-74(79(65)49-63)86-66-32-13-15-34-68(66)87(69-35-16-14-33-67(69)86)76-40-21-41-83-90(76)81-51-59-28-9-11-30-61(59)53-84(81)93-83)75-46-47-77(91-82-52-60-29-10-12-31-62(60)54-85(82)94-92(75)91)88-70-36-17-19-38-72(70)89(73-39-20-18-37-71(73)88)80-50-58-27-8-7-26-57(58)48-78(80)56-24-5-2-6-25-56/h1-54H. The van der Waals surface area contributed by atoms with Crippen LogP contribution in [0.5, 0.6) is 0 Å². The lowest BCUT2D eigenvalue weighted by Gasteiger charge is -2.21. The molecule has 0 aliphatic rings. The Bertz CT molecular complexity index is 6470. The zero-order chi connectivity index (χ0) is 61.5. The fourth-order valence-electron chi connectivity index (χ4n) is 16.0. The van der Waals surface area contributed by atoms with Crippen LogP contribution >= 0.6 is 0 Å². The van der Waals surface area contributed by atoms with E-state index in [2.05, 4.69) is 328 Å². The molecule has 0 spiro atoms. The van der Waals surface area contributed by atoms with Crippen molar-refractivity contribution in [1.29, 1.82) is 0 Å². The average Bonchev–Trinajstić information content (AvgIpc) is 0.839. The van der Waals surface area contributed by atoms with Crippen LogP contribution in [0, 0.1) is 0 Å². The van der Waals surface area contributed by atoms with E-state index in [1.807, 2.05) is 0 Å². The van der Waals surface area contributed by atoms with Crippen molar-refractivity contribution in [3.63, 3.8) is 0 Å². The van der Waals surface area contributed by atoms with Crippen LogP contribution in [0.1, 0.15) is 0 Å². The molecule has 434 valence electrons. The van der Waals surface area contributed by atoms with E-state index >= 15 is 0 Å². The molecule has 0 saturated heterocycles. The quantitative estimate of drug-likeness (QED) is 0.149. The molecule has 0 fully saturated rings. The largest absolute Gasteiger partial charge is 0.456 e. The van der Waals surface area contributed by atoms with Crippen LogP contribution in [0.15, 0.2) is 336 Å². The van der Waals surface area contributed by atoms with Gasteiger partial charge in [-0.3, -0.25) is 0 Å². The van der Waals surface area contributed by atoms with Gasteiger partial charge in [0, 0.05) is 27.1 Å². The minimum absolute atomic E-state index is 0.856. The molecule has 0 saturated carbocycles. The lowest BCUT2D eigenvalue weighted by Crippen LogP contribution is -1.94. The van der Waals surface area contributed by atoms with Gasteiger partial charge >= 0.3 is 0 Å². The van der Waals surface area contributed by atoms with Crippen LogP contribution < -0.4 is 0 Å². The Morgan fingerprint density at radius 1 is 0.160 bits per heavy atom. The van der Waals surface area contributed by atoms with Gasteiger partial charge in [0.15, 0.2) is 0 Å². The van der Waals surface area contributed by atoms with E-state index in [1.165, 1.54) is 104 Å². The van der Waals surface area contributed by atoms with E-state index in [0.29, 0.717) is 0 Å². The van der Waals surface area contributed by atoms with Gasteiger partial charge in [-0.05, 0) is 213 Å². The Kier molecular flexibility index (Phi) is 11.5. The minimum Gasteiger partial charge on any atom is -0.456 e. The van der Waals surface area contributed by atoms with E-state index in [-0.39, 0.29) is 0 Å². The molecule has 0 atom stereocenters. The number of hydrogen-bond acceptors (Lipinski definition) is 2. The molecule has 20 aromatic rings. The van der Waals surface area contributed by atoms with Crippen molar-refractivity contribution < 1.29 is 8.83 Å². The lowest BCUT2D eigenvalue weighted by molar-refractivity contribution is 0.669. The van der Waals surface area contributed by atoms with Crippen LogP contribution in [-0.2, 0) is 0 Å². The Morgan fingerprint density at radius 3 is 1.10 bits per heavy atom. The SMILES string of the molecule is c1ccc(-c2ccc3c(-c4ccc(-c5c6ccccc6c(-c6cc7ccccc7cc6-c6ccccc6)c6ccccc56)c5c4oc4cc6ccccc6cc45)ccc(-c4c5ccccc5c(-c5cccc6oc7cc8ccccc8cc7c56)c5ccccc45)c3c2)cc1. The Morgan fingerprint density at radius 2 is 0.553 bits per heavy atom. The van der Waals surface area contributed by atoms with Gasteiger partial charge in [0.2, 0.25) is 0 Å². The molecule has 18 aromatic carbocycles. The monoisotopic (exact) mass is 1190 g/mol. The van der Waals surface area contributed by atoms with Crippen molar-refractivity contribution in [1.82, 2.24) is 0 Å². The van der Waals surface area contributed by atoms with Gasteiger partial charge < -0.3 is 8.83 Å². The van der Waals surface area contributed by atoms with Crippen LogP contribution in [0.25, 0.3) is 208 Å². The summed E-state index contributed by atoms with van der Waals surface area (Å²) in [5.41, 5.74) is 19.8. The third-order valence-electron chi connectivity index (χ3n) is 20.2. The molecular weight excluding hydrogens is 1140 g/mol. The summed E-state index contributed by atoms with van der Waals surface area (Å²) in [7, 11) is 0. The van der Waals surface area contributed by atoms with E-state index in [0.717, 1.165) is 104 Å². The lowest BCUT2D eigenvalue weighted by atomic mass is 9.81. The molecule has 0 aliphatic heterocycles. The first-order chi connectivity index (χ1) is 46.6. The van der Waals surface area contributed by atoms with Crippen LogP contribution in [0.4, 0.5) is 0 Å². The van der Waals surface area contributed by atoms with E-state index in [9.17, 15) is 0 Å². The van der Waals surface area contributed by atoms with Crippen molar-refractivity contribution in [2.45, 2.75) is 0 Å². The fraction of sp³-hybridized carbons (Fsp3) is 0. The second kappa shape index (κ2) is 20.6. The molecule has 0 unspecified atom stereocenters. The van der Waals surface area contributed by atoms with Crippen LogP contribution in [0.2, 0.25) is 0 Å². The van der Waals surface area contributed by atoms with E-state index in [4.69, 9.17) is 8.83 Å². The van der Waals surface area contributed by atoms with Crippen molar-refractivity contribution in [2.75, 3.05) is 0 Å². The molecule has 0 aliphatic carbocycles. The van der Waals surface area contributed by atoms with Gasteiger partial charge in [-0.15, -0.1) is 0 Å². The molecule has 2 nitrogen and oxygen atoms in total. The molecule has 0 radical (unpaired) electrons. The minimum atomic E-state index is 0.856. The van der Waals surface area contributed by atoms with Crippen molar-refractivity contribution >= 4 is 130 Å². The zero-order valence-corrected chi connectivity index (χ0v) is 51.0. The maximum atomic E-state index is 7.52. The Hall–Kier alpha value is -12.4. The van der Waals surface area contributed by atoms with Crippen molar-refractivity contribution in [2.24, 2.45) is 0 Å². The third-order valence-corrected chi connectivity index (χ3v) is 20.2. The molecular formula is C92H54O2. The summed E-state index contributed by atoms with van der Waals surface area (Å²) < 4.78 is 14.3. The highest BCUT2D eigenvalue weighted by Crippen LogP contribution is 2.54. The molecule has 20 rings (SSSR count). The van der Waals surface area contributed by atoms with Crippen LogP contribution in [-0.4, -0.2) is 0 Å². The van der Waals surface area contributed by atoms with Gasteiger partial charge in [0.05, 0.1) is 0 Å². The fourth-order valence-corrected chi connectivity index (χ4v) is 16.0. The maximum Gasteiger partial charge on any atom is 0.143 e. The highest BCUT2D eigenvalue weighted by molar-refractivity contribution is 6.31. The number of furan rings is 2. The first-order valence-electron chi connectivity index (χ1n) is 32.4. The predicted molar refractivity (Wildman–Crippen MR) is 399 cm³/mol. The van der Waals surface area contributed by atoms with Gasteiger partial charge in [-0.2, -0.15) is 0 Å². The molecule has 2 aromatic heterocycles. The number of rotatable bonds is 7. The summed E-state index contributed by atoms with van der Waals surface area (Å²) >= 11 is 0. The summed E-state index contributed by atoms with van der Waals surface area (Å²) in [6.07, 6.45) is 0. The number of benzene rings is 18. The summed E-state index contributed by atoms with van der Waals surface area (Å²) in [4.78, 5) is 0. The topological polar surface area (TPSA) is 26.3 Å². The Balaban J connectivity index is 0.852. The first kappa shape index (κ1) is 52.4. The molecule has 2 heteroatoms. The first-order valence-corrected chi connectivity index (χ1v) is 32.4. The van der Waals surface area contributed by atoms with E-state index < -0.39 is 0 Å². The predicted octanol–water partition coefficient (Wildman–Crippen LogP) is 26.4. The van der Waals surface area contributed by atoms with Crippen molar-refractivity contribution in [3.8, 4) is 77.9 Å². The van der Waals surface area contributed by atoms with E-state index in [1.54, 1.807) is 0 Å². The Labute approximate surface area is 541 Å². The van der Waals surface area contributed by atoms with Gasteiger partial charge in [0.1, 0.15) is 22.3 Å². The number of fused-ring (bicyclic) bond motifs is 14. The summed E-state index contributed by atoms with van der Waals surface area (Å²) in [5, 5.41) is 23.3. The molecule has 94 heavy (non-hydrogen) atoms. The third kappa shape index (κ3) is 7.90. The van der Waals surface area contributed by atoms with Crippen LogP contribution in [0.3, 0.4) is 0 Å². The molecule has 2 heterocycles. The second-order valence-corrected chi connectivity index (χ2v) is 25.2.